The molecule has 3 aromatic heterocycles. The second-order valence-electron chi connectivity index (χ2n) is 7.96. The summed E-state index contributed by atoms with van der Waals surface area (Å²) in [4.78, 5) is 24.4. The van der Waals surface area contributed by atoms with Crippen molar-refractivity contribution >= 4 is 29.2 Å². The van der Waals surface area contributed by atoms with E-state index in [1.54, 1.807) is 30.1 Å². The van der Waals surface area contributed by atoms with Gasteiger partial charge in [0.2, 0.25) is 17.5 Å². The van der Waals surface area contributed by atoms with Gasteiger partial charge in [-0.3, -0.25) is 4.79 Å². The molecule has 0 bridgehead atoms. The fourth-order valence-electron chi connectivity index (χ4n) is 3.86. The van der Waals surface area contributed by atoms with Crippen LogP contribution in [0, 0.1) is 17.2 Å². The maximum atomic E-state index is 12.8. The highest BCUT2D eigenvalue weighted by Crippen LogP contribution is 2.32. The molecule has 0 aliphatic carbocycles. The number of aromatic nitrogens is 3. The summed E-state index contributed by atoms with van der Waals surface area (Å²) in [5, 5.41) is 13.4. The molecule has 10 heteroatoms. The Morgan fingerprint density at radius 3 is 2.68 bits per heavy atom. The zero-order valence-corrected chi connectivity index (χ0v) is 19.3. The van der Waals surface area contributed by atoms with E-state index in [9.17, 15) is 10.1 Å². The minimum atomic E-state index is -0.115. The summed E-state index contributed by atoms with van der Waals surface area (Å²) in [6.07, 6.45) is 6.51. The van der Waals surface area contributed by atoms with Gasteiger partial charge in [-0.05, 0) is 49.2 Å². The molecule has 0 radical (unpaired) electrons. The predicted octanol–water partition coefficient (Wildman–Crippen LogP) is 4.55. The Labute approximate surface area is 200 Å². The van der Waals surface area contributed by atoms with Crippen molar-refractivity contribution in [3.63, 3.8) is 0 Å². The molecule has 4 aromatic rings. The minimum absolute atomic E-state index is 0.00138. The van der Waals surface area contributed by atoms with E-state index in [1.807, 2.05) is 47.0 Å². The molecule has 0 atom stereocenters. The molecule has 1 aromatic carbocycles. The van der Waals surface area contributed by atoms with E-state index in [0.29, 0.717) is 37.6 Å². The number of furan rings is 1. The molecule has 1 N–H and O–H groups in total. The molecule has 172 valence electrons. The summed E-state index contributed by atoms with van der Waals surface area (Å²) in [5.74, 6) is 1.06. The zero-order chi connectivity index (χ0) is 23.5. The minimum Gasteiger partial charge on any atom is -0.459 e. The number of carbonyl (C=O) groups excluding carboxylic acids is 1. The number of hydrogen-bond donors (Lipinski definition) is 1. The summed E-state index contributed by atoms with van der Waals surface area (Å²) in [6, 6.07) is 13.3. The molecular weight excluding hydrogens is 452 g/mol. The summed E-state index contributed by atoms with van der Waals surface area (Å²) in [5.41, 5.74) is 0.986. The first-order valence-corrected chi connectivity index (χ1v) is 11.7. The van der Waals surface area contributed by atoms with Gasteiger partial charge in [-0.15, -0.1) is 0 Å². The average molecular weight is 475 g/mol. The second kappa shape index (κ2) is 9.49. The molecule has 0 spiro atoms. The largest absolute Gasteiger partial charge is 0.459 e. The number of hydrogen-bond acceptors (Lipinski definition) is 8. The highest BCUT2D eigenvalue weighted by atomic mass is 32.2. The number of carbonyl (C=O) groups is 1. The van der Waals surface area contributed by atoms with Gasteiger partial charge in [0, 0.05) is 49.0 Å². The monoisotopic (exact) mass is 474 g/mol. The number of piperidine rings is 1. The van der Waals surface area contributed by atoms with Crippen LogP contribution in [-0.2, 0) is 11.8 Å². The van der Waals surface area contributed by atoms with Gasteiger partial charge in [-0.1, -0.05) is 11.8 Å². The van der Waals surface area contributed by atoms with Crippen LogP contribution in [0.15, 0.2) is 73.9 Å². The molecule has 0 saturated carbocycles. The molecule has 5 rings (SSSR count). The first-order valence-electron chi connectivity index (χ1n) is 10.9. The van der Waals surface area contributed by atoms with E-state index >= 15 is 0 Å². The normalized spacial score (nSPS) is 14.2. The zero-order valence-electron chi connectivity index (χ0n) is 18.5. The van der Waals surface area contributed by atoms with Crippen molar-refractivity contribution in [1.82, 2.24) is 14.5 Å². The van der Waals surface area contributed by atoms with Gasteiger partial charge >= 0.3 is 0 Å². The number of amides is 1. The number of anilines is 2. The summed E-state index contributed by atoms with van der Waals surface area (Å²) < 4.78 is 13.1. The second-order valence-corrected chi connectivity index (χ2v) is 9.00. The van der Waals surface area contributed by atoms with Crippen LogP contribution in [0.25, 0.3) is 11.7 Å². The molecular formula is C24H22N6O3S. The third kappa shape index (κ3) is 4.56. The number of imidazole rings is 1. The van der Waals surface area contributed by atoms with Gasteiger partial charge in [0.25, 0.3) is 5.89 Å². The molecule has 1 saturated heterocycles. The lowest BCUT2D eigenvalue weighted by Gasteiger charge is -2.30. The van der Waals surface area contributed by atoms with Gasteiger partial charge in [0.05, 0.1) is 6.26 Å². The lowest BCUT2D eigenvalue weighted by molar-refractivity contribution is -0.120. The fourth-order valence-corrected chi connectivity index (χ4v) is 4.66. The van der Waals surface area contributed by atoms with Crippen LogP contribution in [0.3, 0.4) is 0 Å². The van der Waals surface area contributed by atoms with Crippen molar-refractivity contribution in [2.24, 2.45) is 13.0 Å². The first kappa shape index (κ1) is 21.9. The Bertz CT molecular complexity index is 1310. The molecule has 0 unspecified atom stereocenters. The highest BCUT2D eigenvalue weighted by Gasteiger charge is 2.29. The molecule has 1 amide bonds. The van der Waals surface area contributed by atoms with Crippen LogP contribution in [0.4, 0.5) is 11.6 Å². The quantitative estimate of drug-likeness (QED) is 0.433. The third-order valence-corrected chi connectivity index (χ3v) is 6.79. The molecule has 9 nitrogen and oxygen atoms in total. The van der Waals surface area contributed by atoms with E-state index in [4.69, 9.17) is 8.83 Å². The van der Waals surface area contributed by atoms with Crippen LogP contribution < -0.4 is 10.2 Å². The maximum Gasteiger partial charge on any atom is 0.266 e. The molecule has 1 aliphatic rings. The highest BCUT2D eigenvalue weighted by molar-refractivity contribution is 7.99. The van der Waals surface area contributed by atoms with Crippen molar-refractivity contribution in [2.75, 3.05) is 23.3 Å². The lowest BCUT2D eigenvalue weighted by atomic mass is 9.96. The number of benzene rings is 1. The van der Waals surface area contributed by atoms with Crippen LogP contribution in [-0.4, -0.2) is 33.5 Å². The number of aryl methyl sites for hydroxylation is 1. The topological polar surface area (TPSA) is 113 Å². The van der Waals surface area contributed by atoms with Gasteiger partial charge in [-0.2, -0.15) is 10.2 Å². The van der Waals surface area contributed by atoms with Crippen molar-refractivity contribution < 1.29 is 13.6 Å². The summed E-state index contributed by atoms with van der Waals surface area (Å²) in [7, 11) is 1.96. The molecule has 1 aliphatic heterocycles. The van der Waals surface area contributed by atoms with Gasteiger partial charge < -0.3 is 23.6 Å². The Morgan fingerprint density at radius 2 is 2.03 bits per heavy atom. The van der Waals surface area contributed by atoms with Crippen LogP contribution >= 0.6 is 11.8 Å². The molecule has 4 heterocycles. The van der Waals surface area contributed by atoms with E-state index in [1.165, 1.54) is 6.26 Å². The number of nitrogens with one attached hydrogen (secondary N) is 1. The molecule has 1 fully saturated rings. The van der Waals surface area contributed by atoms with Crippen LogP contribution in [0.2, 0.25) is 0 Å². The number of nitrogens with zero attached hydrogens (tertiary/aromatic N) is 5. The van der Waals surface area contributed by atoms with Gasteiger partial charge in [-0.25, -0.2) is 4.98 Å². The van der Waals surface area contributed by atoms with Crippen molar-refractivity contribution in [2.45, 2.75) is 22.9 Å². The first-order chi connectivity index (χ1) is 16.6. The van der Waals surface area contributed by atoms with E-state index in [-0.39, 0.29) is 23.4 Å². The standard InChI is InChI=1S/C24H22N6O3S/c1-29-13-10-26-24(29)34-18-6-4-17(5-7-18)27-21(31)16-8-11-30(12-9-16)23-19(15-25)28-22(33-23)20-3-2-14-32-20/h2-7,10,13-14,16H,8-9,11-12H2,1H3,(H,27,31). The maximum absolute atomic E-state index is 12.8. The number of nitriles is 1. The Kier molecular flexibility index (Phi) is 6.10. The Hall–Kier alpha value is -3.97. The van der Waals surface area contributed by atoms with E-state index in [2.05, 4.69) is 21.4 Å². The third-order valence-electron chi connectivity index (χ3n) is 5.71. The smallest absolute Gasteiger partial charge is 0.266 e. The van der Waals surface area contributed by atoms with Crippen LogP contribution in [0.5, 0.6) is 0 Å². The molecule has 34 heavy (non-hydrogen) atoms. The van der Waals surface area contributed by atoms with Gasteiger partial charge in [0.15, 0.2) is 10.9 Å². The van der Waals surface area contributed by atoms with Crippen molar-refractivity contribution in [1.29, 1.82) is 5.26 Å². The van der Waals surface area contributed by atoms with Crippen LogP contribution in [0.1, 0.15) is 18.5 Å². The van der Waals surface area contributed by atoms with Gasteiger partial charge in [0.1, 0.15) is 6.07 Å². The number of oxazole rings is 1. The number of rotatable bonds is 6. The van der Waals surface area contributed by atoms with Crippen molar-refractivity contribution in [3.8, 4) is 17.7 Å². The fraction of sp³-hybridized carbons (Fsp3) is 0.250. The average Bonchev–Trinajstić information content (AvgIpc) is 3.62. The SMILES string of the molecule is Cn1ccnc1Sc1ccc(NC(=O)C2CCN(c3oc(-c4ccco4)nc3C#N)CC2)cc1. The Balaban J connectivity index is 1.17. The predicted molar refractivity (Wildman–Crippen MR) is 126 cm³/mol. The van der Waals surface area contributed by atoms with E-state index in [0.717, 1.165) is 15.7 Å². The van der Waals surface area contributed by atoms with E-state index < -0.39 is 0 Å². The lowest BCUT2D eigenvalue weighted by Crippen LogP contribution is -2.38. The summed E-state index contributed by atoms with van der Waals surface area (Å²) >= 11 is 1.57. The van der Waals surface area contributed by atoms with Crippen molar-refractivity contribution in [3.05, 3.63) is 60.7 Å². The summed E-state index contributed by atoms with van der Waals surface area (Å²) in [6.45, 7) is 1.19. The Morgan fingerprint density at radius 1 is 1.24 bits per heavy atom.